The highest BCUT2D eigenvalue weighted by Gasteiger charge is 2.50. The summed E-state index contributed by atoms with van der Waals surface area (Å²) < 4.78 is 7.78. The van der Waals surface area contributed by atoms with Crippen molar-refractivity contribution in [3.8, 4) is 0 Å². The Balaban J connectivity index is 1.98. The summed E-state index contributed by atoms with van der Waals surface area (Å²) in [4.78, 5) is 27.4. The van der Waals surface area contributed by atoms with Crippen molar-refractivity contribution in [2.24, 2.45) is 14.1 Å². The molecule has 110 valence electrons. The molecule has 0 aromatic carbocycles. The van der Waals surface area contributed by atoms with E-state index >= 15 is 0 Å². The van der Waals surface area contributed by atoms with Crippen molar-refractivity contribution in [3.05, 3.63) is 33.8 Å². The number of aromatic nitrogens is 4. The average Bonchev–Trinajstić information content (AvgIpc) is 3.08. The molecule has 0 unspecified atom stereocenters. The number of likely N-dealkylation sites (N-methyl/N-ethyl adjacent to an activating group) is 1. The topological polar surface area (TPSA) is 89.4 Å². The zero-order valence-corrected chi connectivity index (χ0v) is 11.8. The minimum absolute atomic E-state index is 0.0126. The minimum atomic E-state index is -0.546. The molecule has 2 atom stereocenters. The molecule has 2 aliphatic heterocycles. The first kappa shape index (κ1) is 12.2. The molecule has 2 aliphatic rings. The fourth-order valence-corrected chi connectivity index (χ4v) is 3.25. The van der Waals surface area contributed by atoms with Crippen LogP contribution in [0.25, 0.3) is 0 Å². The van der Waals surface area contributed by atoms with Crippen LogP contribution in [0.4, 0.5) is 4.79 Å². The molecule has 21 heavy (non-hydrogen) atoms. The Morgan fingerprint density at radius 1 is 1.29 bits per heavy atom. The third kappa shape index (κ3) is 1.35. The predicted octanol–water partition coefficient (Wildman–Crippen LogP) is -0.382. The third-order valence-electron chi connectivity index (χ3n) is 4.41. The van der Waals surface area contributed by atoms with Gasteiger partial charge in [-0.2, -0.15) is 5.10 Å². The molecule has 4 rings (SSSR count). The van der Waals surface area contributed by atoms with E-state index in [1.165, 1.54) is 4.57 Å². The van der Waals surface area contributed by atoms with Crippen molar-refractivity contribution in [3.63, 3.8) is 0 Å². The summed E-state index contributed by atoms with van der Waals surface area (Å²) in [6.07, 6.45) is 1.78. The number of hydrogen-bond donors (Lipinski definition) is 0. The summed E-state index contributed by atoms with van der Waals surface area (Å²) in [5.74, 6) is -0.136. The maximum atomic E-state index is 12.4. The van der Waals surface area contributed by atoms with Crippen LogP contribution in [0, 0.1) is 0 Å². The molecule has 9 heteroatoms. The van der Waals surface area contributed by atoms with Crippen molar-refractivity contribution < 1.29 is 9.32 Å². The fourth-order valence-electron chi connectivity index (χ4n) is 3.25. The number of nitrogens with zero attached hydrogens (tertiary/aromatic N) is 6. The number of carbonyl (C=O) groups excluding carboxylic acids is 1. The highest BCUT2D eigenvalue weighted by Crippen LogP contribution is 2.44. The van der Waals surface area contributed by atoms with Gasteiger partial charge in [-0.25, -0.2) is 9.59 Å². The average molecular weight is 290 g/mol. The molecule has 4 heterocycles. The quantitative estimate of drug-likeness (QED) is 0.714. The van der Waals surface area contributed by atoms with Crippen LogP contribution in [0.3, 0.4) is 0 Å². The molecule has 0 N–H and O–H groups in total. The van der Waals surface area contributed by atoms with Crippen LogP contribution in [0.15, 0.2) is 15.5 Å². The molecule has 0 saturated carbocycles. The van der Waals surface area contributed by atoms with Gasteiger partial charge >= 0.3 is 11.8 Å². The summed E-state index contributed by atoms with van der Waals surface area (Å²) in [6.45, 7) is 0.555. The van der Waals surface area contributed by atoms with Crippen molar-refractivity contribution in [2.45, 2.75) is 12.1 Å². The van der Waals surface area contributed by atoms with Crippen LogP contribution in [0.1, 0.15) is 29.2 Å². The fraction of sp³-hybridized carbons (Fsp3) is 0.500. The molecule has 2 amide bonds. The van der Waals surface area contributed by atoms with E-state index in [2.05, 4.69) is 10.3 Å². The zero-order chi connectivity index (χ0) is 14.9. The zero-order valence-electron chi connectivity index (χ0n) is 11.8. The lowest BCUT2D eigenvalue weighted by Gasteiger charge is -2.30. The molecular weight excluding hydrogens is 276 g/mol. The van der Waals surface area contributed by atoms with Crippen molar-refractivity contribution in [1.29, 1.82) is 0 Å². The summed E-state index contributed by atoms with van der Waals surface area (Å²) in [5.41, 5.74) is 1.86. The van der Waals surface area contributed by atoms with E-state index in [-0.39, 0.29) is 12.1 Å². The van der Waals surface area contributed by atoms with Crippen molar-refractivity contribution >= 4 is 6.03 Å². The number of rotatable bonds is 1. The van der Waals surface area contributed by atoms with E-state index in [1.807, 2.05) is 7.05 Å². The second-order valence-electron chi connectivity index (χ2n) is 5.44. The smallest absolute Gasteiger partial charge is 0.319 e. The number of urea groups is 1. The molecule has 1 fully saturated rings. The van der Waals surface area contributed by atoms with Gasteiger partial charge in [-0.05, 0) is 0 Å². The van der Waals surface area contributed by atoms with E-state index in [1.54, 1.807) is 34.8 Å². The normalized spacial score (nSPS) is 23.9. The van der Waals surface area contributed by atoms with E-state index in [4.69, 9.17) is 4.52 Å². The van der Waals surface area contributed by atoms with Gasteiger partial charge in [-0.3, -0.25) is 13.8 Å². The lowest BCUT2D eigenvalue weighted by atomic mass is 9.97. The van der Waals surface area contributed by atoms with E-state index in [0.29, 0.717) is 12.4 Å². The number of carbonyl (C=O) groups is 1. The van der Waals surface area contributed by atoms with Gasteiger partial charge in [0, 0.05) is 33.3 Å². The molecule has 2 aromatic heterocycles. The number of amides is 2. The van der Waals surface area contributed by atoms with Gasteiger partial charge in [0.15, 0.2) is 5.82 Å². The van der Waals surface area contributed by atoms with Crippen LogP contribution in [0.5, 0.6) is 0 Å². The summed E-state index contributed by atoms with van der Waals surface area (Å²) >= 11 is 0. The first-order valence-electron chi connectivity index (χ1n) is 6.58. The molecule has 2 aromatic rings. The Labute approximate surface area is 119 Å². The summed E-state index contributed by atoms with van der Waals surface area (Å²) in [7, 11) is 5.18. The summed E-state index contributed by atoms with van der Waals surface area (Å²) in [5, 5.41) is 8.15. The second kappa shape index (κ2) is 3.74. The largest absolute Gasteiger partial charge is 0.441 e. The van der Waals surface area contributed by atoms with Crippen molar-refractivity contribution in [1.82, 2.24) is 29.3 Å². The monoisotopic (exact) mass is 290 g/mol. The number of aryl methyl sites for hydroxylation is 1. The van der Waals surface area contributed by atoms with Gasteiger partial charge in [-0.15, -0.1) is 0 Å². The molecule has 9 nitrogen and oxygen atoms in total. The van der Waals surface area contributed by atoms with Crippen LogP contribution in [-0.4, -0.2) is 48.9 Å². The lowest BCUT2D eigenvalue weighted by molar-refractivity contribution is 0.185. The lowest BCUT2D eigenvalue weighted by Crippen LogP contribution is -2.37. The Morgan fingerprint density at radius 3 is 2.71 bits per heavy atom. The highest BCUT2D eigenvalue weighted by molar-refractivity contribution is 5.79. The maximum absolute atomic E-state index is 12.4. The Bertz CT molecular complexity index is 802. The Morgan fingerprint density at radius 2 is 2.05 bits per heavy atom. The maximum Gasteiger partial charge on any atom is 0.441 e. The minimum Gasteiger partial charge on any atom is -0.319 e. The third-order valence-corrected chi connectivity index (χ3v) is 4.41. The molecular formula is C12H14N6O3. The van der Waals surface area contributed by atoms with E-state index in [0.717, 1.165) is 11.3 Å². The van der Waals surface area contributed by atoms with Crippen LogP contribution >= 0.6 is 0 Å². The van der Waals surface area contributed by atoms with Gasteiger partial charge in [-0.1, -0.05) is 5.16 Å². The van der Waals surface area contributed by atoms with Gasteiger partial charge in [0.1, 0.15) is 6.04 Å². The van der Waals surface area contributed by atoms with Gasteiger partial charge < -0.3 is 9.80 Å². The predicted molar refractivity (Wildman–Crippen MR) is 69.4 cm³/mol. The molecule has 1 saturated heterocycles. The first-order valence-corrected chi connectivity index (χ1v) is 6.58. The SMILES string of the molecule is CN1C(=O)N2C[C@H]1c1cnn(C)c1[C@H]2c1noc(=O)n1C. The summed E-state index contributed by atoms with van der Waals surface area (Å²) in [6, 6.07) is -0.560. The van der Waals surface area contributed by atoms with Gasteiger partial charge in [0.2, 0.25) is 0 Å². The van der Waals surface area contributed by atoms with Gasteiger partial charge in [0.05, 0.1) is 17.9 Å². The van der Waals surface area contributed by atoms with Crippen LogP contribution in [0.2, 0.25) is 0 Å². The van der Waals surface area contributed by atoms with E-state index < -0.39 is 11.8 Å². The molecule has 0 aliphatic carbocycles. The Kier molecular flexibility index (Phi) is 2.17. The molecule has 2 bridgehead atoms. The van der Waals surface area contributed by atoms with Crippen LogP contribution < -0.4 is 5.76 Å². The van der Waals surface area contributed by atoms with Crippen LogP contribution in [-0.2, 0) is 14.1 Å². The Hall–Kier alpha value is -2.58. The second-order valence-corrected chi connectivity index (χ2v) is 5.44. The standard InChI is InChI=1S/C12H14N6O3/c1-15-7-5-18(11(15)19)9(8-6(7)4-13-17(8)3)10-14-21-12(20)16(10)2/h4,7,9H,5H2,1-3H3/t7-,9-/m0/s1. The molecule has 0 radical (unpaired) electrons. The highest BCUT2D eigenvalue weighted by atomic mass is 16.5. The number of fused-ring (bicyclic) bond motifs is 4. The number of hydrogen-bond acceptors (Lipinski definition) is 5. The van der Waals surface area contributed by atoms with E-state index in [9.17, 15) is 9.59 Å². The molecule has 0 spiro atoms. The van der Waals surface area contributed by atoms with Gasteiger partial charge in [0.25, 0.3) is 0 Å². The first-order chi connectivity index (χ1) is 10.0. The van der Waals surface area contributed by atoms with Crippen molar-refractivity contribution in [2.75, 3.05) is 13.6 Å².